The first-order valence-electron chi connectivity index (χ1n) is 6.74. The first kappa shape index (κ1) is 14.6. The third kappa shape index (κ3) is 3.21. The second kappa shape index (κ2) is 6.59. The second-order valence-corrected chi connectivity index (χ2v) is 4.93. The van der Waals surface area contributed by atoms with Crippen LogP contribution in [0.1, 0.15) is 23.1 Å². The van der Waals surface area contributed by atoms with E-state index in [2.05, 4.69) is 11.0 Å². The van der Waals surface area contributed by atoms with Crippen LogP contribution >= 0.6 is 0 Å². The Morgan fingerprint density at radius 3 is 2.60 bits per heavy atom. The van der Waals surface area contributed by atoms with Crippen LogP contribution in [0.3, 0.4) is 0 Å². The summed E-state index contributed by atoms with van der Waals surface area (Å²) in [5, 5.41) is 0. The van der Waals surface area contributed by atoms with Gasteiger partial charge in [-0.2, -0.15) is 0 Å². The van der Waals surface area contributed by atoms with Crippen LogP contribution in [0, 0.1) is 6.92 Å². The van der Waals surface area contributed by atoms with E-state index in [0.29, 0.717) is 6.54 Å². The van der Waals surface area contributed by atoms with Crippen molar-refractivity contribution in [3.05, 3.63) is 53.5 Å². The highest BCUT2D eigenvalue weighted by Crippen LogP contribution is 2.25. The zero-order valence-corrected chi connectivity index (χ0v) is 12.3. The normalized spacial score (nSPS) is 12.7. The molecule has 0 spiro atoms. The summed E-state index contributed by atoms with van der Waals surface area (Å²) in [5.41, 5.74) is 7.04. The zero-order valence-electron chi connectivity index (χ0n) is 12.3. The first-order chi connectivity index (χ1) is 9.65. The monoisotopic (exact) mass is 274 g/mol. The molecule has 2 rings (SSSR count). The SMILES string of the molecule is COc1ccccc1CN(C)C(CN)c1ccc(C)o1. The van der Waals surface area contributed by atoms with E-state index < -0.39 is 0 Å². The molecule has 0 amide bonds. The highest BCUT2D eigenvalue weighted by molar-refractivity contribution is 5.33. The third-order valence-electron chi connectivity index (χ3n) is 3.46. The zero-order chi connectivity index (χ0) is 14.5. The van der Waals surface area contributed by atoms with Gasteiger partial charge in [-0.1, -0.05) is 18.2 Å². The summed E-state index contributed by atoms with van der Waals surface area (Å²) >= 11 is 0. The molecule has 4 heteroatoms. The van der Waals surface area contributed by atoms with Crippen LogP contribution in [0.4, 0.5) is 0 Å². The Kier molecular flexibility index (Phi) is 4.82. The van der Waals surface area contributed by atoms with E-state index in [1.807, 2.05) is 44.3 Å². The molecule has 1 aromatic carbocycles. The van der Waals surface area contributed by atoms with Gasteiger partial charge in [0.2, 0.25) is 0 Å². The number of hydrogen-bond donors (Lipinski definition) is 1. The van der Waals surface area contributed by atoms with E-state index in [0.717, 1.165) is 29.4 Å². The summed E-state index contributed by atoms with van der Waals surface area (Å²) in [6, 6.07) is 12.0. The van der Waals surface area contributed by atoms with Gasteiger partial charge in [-0.05, 0) is 32.2 Å². The van der Waals surface area contributed by atoms with Crippen molar-refractivity contribution in [3.8, 4) is 5.75 Å². The number of rotatable bonds is 6. The fraction of sp³-hybridized carbons (Fsp3) is 0.375. The molecule has 0 aliphatic rings. The Labute approximate surface area is 120 Å². The molecule has 1 unspecified atom stereocenters. The van der Waals surface area contributed by atoms with Gasteiger partial charge in [0.25, 0.3) is 0 Å². The van der Waals surface area contributed by atoms with Crippen LogP contribution in [0.15, 0.2) is 40.8 Å². The topological polar surface area (TPSA) is 51.6 Å². The Morgan fingerprint density at radius 1 is 1.25 bits per heavy atom. The predicted molar refractivity (Wildman–Crippen MR) is 79.7 cm³/mol. The summed E-state index contributed by atoms with van der Waals surface area (Å²) in [4.78, 5) is 2.18. The summed E-state index contributed by atoms with van der Waals surface area (Å²) < 4.78 is 11.1. The van der Waals surface area contributed by atoms with Gasteiger partial charge < -0.3 is 14.9 Å². The maximum Gasteiger partial charge on any atom is 0.123 e. The number of methoxy groups -OCH3 is 1. The van der Waals surface area contributed by atoms with Crippen molar-refractivity contribution < 1.29 is 9.15 Å². The molecule has 0 radical (unpaired) electrons. The van der Waals surface area contributed by atoms with Crippen molar-refractivity contribution in [1.82, 2.24) is 4.90 Å². The Hall–Kier alpha value is -1.78. The highest BCUT2D eigenvalue weighted by atomic mass is 16.5. The number of ether oxygens (including phenoxy) is 1. The van der Waals surface area contributed by atoms with E-state index in [1.54, 1.807) is 7.11 Å². The number of benzene rings is 1. The number of furan rings is 1. The minimum absolute atomic E-state index is 0.0635. The van der Waals surface area contributed by atoms with Crippen molar-refractivity contribution in [2.45, 2.75) is 19.5 Å². The molecule has 0 aliphatic heterocycles. The van der Waals surface area contributed by atoms with Gasteiger partial charge in [-0.25, -0.2) is 0 Å². The maximum atomic E-state index is 5.91. The summed E-state index contributed by atoms with van der Waals surface area (Å²) in [5.74, 6) is 2.71. The largest absolute Gasteiger partial charge is 0.496 e. The fourth-order valence-electron chi connectivity index (χ4n) is 2.36. The Bertz CT molecular complexity index is 551. The molecule has 1 heterocycles. The molecule has 20 heavy (non-hydrogen) atoms. The molecule has 0 fully saturated rings. The summed E-state index contributed by atoms with van der Waals surface area (Å²) in [7, 11) is 3.73. The lowest BCUT2D eigenvalue weighted by molar-refractivity contribution is 0.208. The van der Waals surface area contributed by atoms with E-state index in [-0.39, 0.29) is 6.04 Å². The molecule has 0 aliphatic carbocycles. The van der Waals surface area contributed by atoms with Crippen molar-refractivity contribution in [1.29, 1.82) is 0 Å². The minimum atomic E-state index is 0.0635. The summed E-state index contributed by atoms with van der Waals surface area (Å²) in [6.07, 6.45) is 0. The van der Waals surface area contributed by atoms with Crippen LogP contribution in [-0.2, 0) is 6.54 Å². The number of hydrogen-bond acceptors (Lipinski definition) is 4. The maximum absolute atomic E-state index is 5.91. The lowest BCUT2D eigenvalue weighted by Gasteiger charge is -2.26. The quantitative estimate of drug-likeness (QED) is 0.880. The average Bonchev–Trinajstić information content (AvgIpc) is 2.86. The van der Waals surface area contributed by atoms with E-state index in [1.165, 1.54) is 0 Å². The molecule has 4 nitrogen and oxygen atoms in total. The Morgan fingerprint density at radius 2 is 2.00 bits per heavy atom. The van der Waals surface area contributed by atoms with E-state index in [4.69, 9.17) is 14.9 Å². The van der Waals surface area contributed by atoms with Gasteiger partial charge in [0, 0.05) is 18.7 Å². The number of para-hydroxylation sites is 1. The molecule has 0 saturated heterocycles. The minimum Gasteiger partial charge on any atom is -0.496 e. The second-order valence-electron chi connectivity index (χ2n) is 4.93. The van der Waals surface area contributed by atoms with Crippen molar-refractivity contribution in [2.75, 3.05) is 20.7 Å². The average molecular weight is 274 g/mol. The van der Waals surface area contributed by atoms with Gasteiger partial charge in [0.15, 0.2) is 0 Å². The lowest BCUT2D eigenvalue weighted by Crippen LogP contribution is -2.30. The van der Waals surface area contributed by atoms with Crippen LogP contribution in [0.25, 0.3) is 0 Å². The first-order valence-corrected chi connectivity index (χ1v) is 6.74. The molecular formula is C16H22N2O2. The van der Waals surface area contributed by atoms with Crippen molar-refractivity contribution >= 4 is 0 Å². The van der Waals surface area contributed by atoms with Gasteiger partial charge in [0.05, 0.1) is 13.2 Å². The standard InChI is InChI=1S/C16H22N2O2/c1-12-8-9-16(20-12)14(10-17)18(2)11-13-6-4-5-7-15(13)19-3/h4-9,14H,10-11,17H2,1-3H3. The molecule has 2 aromatic rings. The van der Waals surface area contributed by atoms with Crippen molar-refractivity contribution in [3.63, 3.8) is 0 Å². The molecular weight excluding hydrogens is 252 g/mol. The molecule has 1 aromatic heterocycles. The number of likely N-dealkylation sites (N-methyl/N-ethyl adjacent to an activating group) is 1. The highest BCUT2D eigenvalue weighted by Gasteiger charge is 2.19. The smallest absolute Gasteiger partial charge is 0.123 e. The van der Waals surface area contributed by atoms with Gasteiger partial charge in [-0.15, -0.1) is 0 Å². The van der Waals surface area contributed by atoms with E-state index >= 15 is 0 Å². The van der Waals surface area contributed by atoms with Crippen LogP contribution in [-0.4, -0.2) is 25.6 Å². The van der Waals surface area contributed by atoms with Crippen LogP contribution in [0.5, 0.6) is 5.75 Å². The summed E-state index contributed by atoms with van der Waals surface area (Å²) in [6.45, 7) is 3.21. The predicted octanol–water partition coefficient (Wildman–Crippen LogP) is 2.73. The third-order valence-corrected chi connectivity index (χ3v) is 3.46. The van der Waals surface area contributed by atoms with Crippen LogP contribution < -0.4 is 10.5 Å². The molecule has 0 bridgehead atoms. The van der Waals surface area contributed by atoms with E-state index in [9.17, 15) is 0 Å². The number of nitrogens with two attached hydrogens (primary N) is 1. The number of nitrogens with zero attached hydrogens (tertiary/aromatic N) is 1. The van der Waals surface area contributed by atoms with Gasteiger partial charge in [-0.3, -0.25) is 4.90 Å². The molecule has 108 valence electrons. The van der Waals surface area contributed by atoms with Gasteiger partial charge >= 0.3 is 0 Å². The Balaban J connectivity index is 2.15. The molecule has 2 N–H and O–H groups in total. The van der Waals surface area contributed by atoms with Crippen molar-refractivity contribution in [2.24, 2.45) is 5.73 Å². The lowest BCUT2D eigenvalue weighted by atomic mass is 10.1. The number of aryl methyl sites for hydroxylation is 1. The molecule has 1 atom stereocenters. The van der Waals surface area contributed by atoms with Crippen LogP contribution in [0.2, 0.25) is 0 Å². The molecule has 0 saturated carbocycles. The van der Waals surface area contributed by atoms with Gasteiger partial charge in [0.1, 0.15) is 17.3 Å². The fourth-order valence-corrected chi connectivity index (χ4v) is 2.36.